The SMILES string of the molecule is NCC[C@H](O)C(=O)OCC1CCCO1. The fourth-order valence-corrected chi connectivity index (χ4v) is 1.32. The van der Waals surface area contributed by atoms with Gasteiger partial charge in [0, 0.05) is 6.61 Å². The van der Waals surface area contributed by atoms with E-state index in [9.17, 15) is 9.90 Å². The minimum atomic E-state index is -1.10. The average Bonchev–Trinajstić information content (AvgIpc) is 2.67. The van der Waals surface area contributed by atoms with Crippen molar-refractivity contribution in [2.45, 2.75) is 31.5 Å². The van der Waals surface area contributed by atoms with Gasteiger partial charge in [0.1, 0.15) is 6.61 Å². The fraction of sp³-hybridized carbons (Fsp3) is 0.889. The average molecular weight is 203 g/mol. The first-order valence-electron chi connectivity index (χ1n) is 4.90. The van der Waals surface area contributed by atoms with Crippen LogP contribution in [0.15, 0.2) is 0 Å². The van der Waals surface area contributed by atoms with Crippen molar-refractivity contribution in [1.82, 2.24) is 0 Å². The van der Waals surface area contributed by atoms with Crippen molar-refractivity contribution in [3.63, 3.8) is 0 Å². The van der Waals surface area contributed by atoms with Crippen molar-refractivity contribution >= 4 is 5.97 Å². The number of carbonyl (C=O) groups is 1. The Morgan fingerprint density at radius 1 is 1.71 bits per heavy atom. The topological polar surface area (TPSA) is 81.8 Å². The lowest BCUT2D eigenvalue weighted by atomic mass is 10.2. The van der Waals surface area contributed by atoms with Gasteiger partial charge in [0.15, 0.2) is 6.10 Å². The minimum absolute atomic E-state index is 0.00373. The van der Waals surface area contributed by atoms with Gasteiger partial charge in [-0.15, -0.1) is 0 Å². The van der Waals surface area contributed by atoms with Gasteiger partial charge in [-0.1, -0.05) is 0 Å². The highest BCUT2D eigenvalue weighted by molar-refractivity contribution is 5.74. The zero-order chi connectivity index (χ0) is 10.4. The molecule has 0 aromatic carbocycles. The summed E-state index contributed by atoms with van der Waals surface area (Å²) in [5, 5.41) is 9.20. The van der Waals surface area contributed by atoms with Gasteiger partial charge in [0.05, 0.1) is 6.10 Å². The van der Waals surface area contributed by atoms with Gasteiger partial charge in [-0.3, -0.25) is 0 Å². The van der Waals surface area contributed by atoms with Crippen molar-refractivity contribution in [3.8, 4) is 0 Å². The molecule has 1 fully saturated rings. The van der Waals surface area contributed by atoms with Crippen molar-refractivity contribution in [1.29, 1.82) is 0 Å². The second-order valence-corrected chi connectivity index (χ2v) is 3.36. The fourth-order valence-electron chi connectivity index (χ4n) is 1.32. The van der Waals surface area contributed by atoms with Crippen molar-refractivity contribution in [2.24, 2.45) is 5.73 Å². The lowest BCUT2D eigenvalue weighted by Gasteiger charge is -2.12. The second-order valence-electron chi connectivity index (χ2n) is 3.36. The molecule has 0 radical (unpaired) electrons. The van der Waals surface area contributed by atoms with Crippen LogP contribution in [-0.2, 0) is 14.3 Å². The molecule has 2 atom stereocenters. The highest BCUT2D eigenvalue weighted by Gasteiger charge is 2.20. The molecule has 0 bridgehead atoms. The summed E-state index contributed by atoms with van der Waals surface area (Å²) in [6.07, 6.45) is 1.07. The van der Waals surface area contributed by atoms with Crippen LogP contribution in [0, 0.1) is 0 Å². The van der Waals surface area contributed by atoms with E-state index in [0.717, 1.165) is 19.4 Å². The smallest absolute Gasteiger partial charge is 0.335 e. The summed E-state index contributed by atoms with van der Waals surface area (Å²) in [5.41, 5.74) is 5.19. The van der Waals surface area contributed by atoms with Crippen LogP contribution in [0.25, 0.3) is 0 Å². The predicted molar refractivity (Wildman–Crippen MR) is 49.6 cm³/mol. The summed E-state index contributed by atoms with van der Waals surface area (Å²) in [7, 11) is 0. The Bertz CT molecular complexity index is 180. The summed E-state index contributed by atoms with van der Waals surface area (Å²) < 4.78 is 10.1. The maximum absolute atomic E-state index is 11.1. The first kappa shape index (κ1) is 11.4. The highest BCUT2D eigenvalue weighted by Crippen LogP contribution is 2.12. The Labute approximate surface area is 83.2 Å². The standard InChI is InChI=1S/C9H17NO4/c10-4-3-8(11)9(12)14-6-7-2-1-5-13-7/h7-8,11H,1-6,10H2/t7?,8-/m0/s1. The van der Waals surface area contributed by atoms with Crippen LogP contribution in [0.1, 0.15) is 19.3 Å². The van der Waals surface area contributed by atoms with E-state index in [4.69, 9.17) is 15.2 Å². The zero-order valence-corrected chi connectivity index (χ0v) is 8.15. The summed E-state index contributed by atoms with van der Waals surface area (Å²) >= 11 is 0. The van der Waals surface area contributed by atoms with Crippen LogP contribution in [0.4, 0.5) is 0 Å². The van der Waals surface area contributed by atoms with E-state index in [-0.39, 0.29) is 25.7 Å². The number of aliphatic hydroxyl groups is 1. The molecule has 1 aliphatic heterocycles. The molecule has 0 aromatic heterocycles. The van der Waals surface area contributed by atoms with E-state index >= 15 is 0 Å². The van der Waals surface area contributed by atoms with Crippen LogP contribution in [0.5, 0.6) is 0 Å². The number of esters is 1. The number of hydrogen-bond acceptors (Lipinski definition) is 5. The molecule has 82 valence electrons. The van der Waals surface area contributed by atoms with E-state index in [1.807, 2.05) is 0 Å². The molecule has 1 rings (SSSR count). The van der Waals surface area contributed by atoms with Crippen molar-refractivity contribution < 1.29 is 19.4 Å². The van der Waals surface area contributed by atoms with Gasteiger partial charge in [0.2, 0.25) is 0 Å². The van der Waals surface area contributed by atoms with Crippen LogP contribution in [-0.4, -0.2) is 43.0 Å². The molecule has 3 N–H and O–H groups in total. The molecule has 0 amide bonds. The largest absolute Gasteiger partial charge is 0.461 e. The normalized spacial score (nSPS) is 23.4. The van der Waals surface area contributed by atoms with E-state index in [1.54, 1.807) is 0 Å². The van der Waals surface area contributed by atoms with Gasteiger partial charge in [0.25, 0.3) is 0 Å². The first-order valence-corrected chi connectivity index (χ1v) is 4.90. The zero-order valence-electron chi connectivity index (χ0n) is 8.15. The predicted octanol–water partition coefficient (Wildman–Crippen LogP) is -0.582. The summed E-state index contributed by atoms with van der Waals surface area (Å²) in [6.45, 7) is 1.24. The molecule has 1 saturated heterocycles. The number of hydrogen-bond donors (Lipinski definition) is 2. The maximum atomic E-state index is 11.1. The summed E-state index contributed by atoms with van der Waals surface area (Å²) in [5.74, 6) is -0.606. The first-order chi connectivity index (χ1) is 6.74. The second kappa shape index (κ2) is 5.95. The molecule has 1 unspecified atom stereocenters. The molecule has 5 nitrogen and oxygen atoms in total. The van der Waals surface area contributed by atoms with E-state index in [0.29, 0.717) is 0 Å². The van der Waals surface area contributed by atoms with E-state index in [1.165, 1.54) is 0 Å². The quantitative estimate of drug-likeness (QED) is 0.584. The molecule has 0 aromatic rings. The summed E-state index contributed by atoms with van der Waals surface area (Å²) in [4.78, 5) is 11.1. The molecular formula is C9H17NO4. The Kier molecular flexibility index (Phi) is 4.86. The van der Waals surface area contributed by atoms with Crippen LogP contribution < -0.4 is 5.73 Å². The molecular weight excluding hydrogens is 186 g/mol. The Hall–Kier alpha value is -0.650. The van der Waals surface area contributed by atoms with Gasteiger partial charge in [-0.25, -0.2) is 4.79 Å². The highest BCUT2D eigenvalue weighted by atomic mass is 16.6. The number of aliphatic hydroxyl groups excluding tert-OH is 1. The lowest BCUT2D eigenvalue weighted by Crippen LogP contribution is -2.28. The maximum Gasteiger partial charge on any atom is 0.335 e. The van der Waals surface area contributed by atoms with Gasteiger partial charge >= 0.3 is 5.97 Å². The molecule has 0 saturated carbocycles. The Morgan fingerprint density at radius 2 is 2.50 bits per heavy atom. The monoisotopic (exact) mass is 203 g/mol. The van der Waals surface area contributed by atoms with Crippen LogP contribution in [0.3, 0.4) is 0 Å². The molecule has 0 aliphatic carbocycles. The van der Waals surface area contributed by atoms with Gasteiger partial charge in [-0.2, -0.15) is 0 Å². The molecule has 0 spiro atoms. The third kappa shape index (κ3) is 3.61. The number of carbonyl (C=O) groups excluding carboxylic acids is 1. The van der Waals surface area contributed by atoms with Crippen LogP contribution in [0.2, 0.25) is 0 Å². The van der Waals surface area contributed by atoms with Crippen molar-refractivity contribution in [3.05, 3.63) is 0 Å². The van der Waals surface area contributed by atoms with Gasteiger partial charge < -0.3 is 20.3 Å². The van der Waals surface area contributed by atoms with E-state index in [2.05, 4.69) is 0 Å². The molecule has 5 heteroatoms. The molecule has 1 heterocycles. The summed E-state index contributed by atoms with van der Waals surface area (Å²) in [6, 6.07) is 0. The Balaban J connectivity index is 2.13. The third-order valence-electron chi connectivity index (χ3n) is 2.15. The molecule has 1 aliphatic rings. The van der Waals surface area contributed by atoms with Gasteiger partial charge in [-0.05, 0) is 25.8 Å². The Morgan fingerprint density at radius 3 is 3.07 bits per heavy atom. The van der Waals surface area contributed by atoms with Crippen LogP contribution >= 0.6 is 0 Å². The minimum Gasteiger partial charge on any atom is -0.461 e. The van der Waals surface area contributed by atoms with E-state index < -0.39 is 12.1 Å². The van der Waals surface area contributed by atoms with Crippen molar-refractivity contribution in [2.75, 3.05) is 19.8 Å². The number of rotatable bonds is 5. The third-order valence-corrected chi connectivity index (χ3v) is 2.15. The molecule has 14 heavy (non-hydrogen) atoms. The number of nitrogens with two attached hydrogens (primary N) is 1. The lowest BCUT2D eigenvalue weighted by molar-refractivity contribution is -0.156. The number of ether oxygens (including phenoxy) is 2.